The first-order chi connectivity index (χ1) is 16.1. The summed E-state index contributed by atoms with van der Waals surface area (Å²) in [4.78, 5) is 31.7. The van der Waals surface area contributed by atoms with Crippen molar-refractivity contribution in [2.75, 3.05) is 37.6 Å². The Labute approximate surface area is 199 Å². The molecule has 0 saturated carbocycles. The minimum absolute atomic E-state index is 0.0177. The number of fused-ring (bicyclic) bond motifs is 1. The first kappa shape index (κ1) is 21.5. The Hall–Kier alpha value is -3.31. The van der Waals surface area contributed by atoms with Gasteiger partial charge in [-0.15, -0.1) is 0 Å². The molecule has 0 N–H and O–H groups in total. The van der Waals surface area contributed by atoms with Gasteiger partial charge >= 0.3 is 0 Å². The molecule has 6 heteroatoms. The van der Waals surface area contributed by atoms with Crippen LogP contribution in [-0.4, -0.2) is 54.3 Å². The summed E-state index contributed by atoms with van der Waals surface area (Å²) >= 11 is 5.92. The number of nitrogens with zero attached hydrogens (tertiary/aromatic N) is 3. The van der Waals surface area contributed by atoms with Gasteiger partial charge in [0.25, 0.3) is 11.8 Å². The highest BCUT2D eigenvalue weighted by molar-refractivity contribution is 6.30. The summed E-state index contributed by atoms with van der Waals surface area (Å²) in [7, 11) is 0. The number of carbonyl (C=O) groups is 2. The first-order valence-corrected chi connectivity index (χ1v) is 11.7. The molecule has 0 unspecified atom stereocenters. The van der Waals surface area contributed by atoms with E-state index < -0.39 is 0 Å². The Balaban J connectivity index is 1.18. The minimum atomic E-state index is -0.0220. The van der Waals surface area contributed by atoms with Crippen LogP contribution in [0.1, 0.15) is 31.8 Å². The van der Waals surface area contributed by atoms with Gasteiger partial charge in [0.2, 0.25) is 0 Å². The van der Waals surface area contributed by atoms with E-state index in [9.17, 15) is 9.59 Å². The summed E-state index contributed by atoms with van der Waals surface area (Å²) in [5, 5.41) is 0.609. The number of hydrogen-bond acceptors (Lipinski definition) is 3. The lowest BCUT2D eigenvalue weighted by Gasteiger charge is -2.35. The largest absolute Gasteiger partial charge is 0.367 e. The molecule has 0 bridgehead atoms. The van der Waals surface area contributed by atoms with Gasteiger partial charge in [-0.25, -0.2) is 0 Å². The molecule has 5 nitrogen and oxygen atoms in total. The van der Waals surface area contributed by atoms with Crippen LogP contribution < -0.4 is 4.90 Å². The van der Waals surface area contributed by atoms with Crippen molar-refractivity contribution < 1.29 is 9.59 Å². The zero-order valence-corrected chi connectivity index (χ0v) is 19.2. The van der Waals surface area contributed by atoms with Gasteiger partial charge in [-0.3, -0.25) is 9.59 Å². The third-order valence-corrected chi connectivity index (χ3v) is 6.81. The lowest BCUT2D eigenvalue weighted by atomic mass is 9.99. The molecule has 3 aromatic rings. The maximum Gasteiger partial charge on any atom is 0.253 e. The molecule has 3 aromatic carbocycles. The van der Waals surface area contributed by atoms with Crippen LogP contribution in [0, 0.1) is 0 Å². The summed E-state index contributed by atoms with van der Waals surface area (Å²) in [5.41, 5.74) is 5.24. The van der Waals surface area contributed by atoms with Crippen molar-refractivity contribution in [1.29, 1.82) is 0 Å². The van der Waals surface area contributed by atoms with E-state index in [4.69, 9.17) is 11.6 Å². The number of carbonyl (C=O) groups excluding carboxylic acids is 2. The molecular weight excluding hydrogens is 434 g/mol. The van der Waals surface area contributed by atoms with Gasteiger partial charge in [0, 0.05) is 61.1 Å². The van der Waals surface area contributed by atoms with E-state index in [0.29, 0.717) is 42.3 Å². The quantitative estimate of drug-likeness (QED) is 0.579. The zero-order chi connectivity index (χ0) is 22.8. The second-order valence-corrected chi connectivity index (χ2v) is 9.01. The molecule has 1 saturated heterocycles. The summed E-state index contributed by atoms with van der Waals surface area (Å²) in [6, 6.07) is 23.4. The monoisotopic (exact) mass is 459 g/mol. The van der Waals surface area contributed by atoms with Gasteiger partial charge in [-0.1, -0.05) is 35.9 Å². The molecule has 33 heavy (non-hydrogen) atoms. The van der Waals surface area contributed by atoms with Crippen LogP contribution in [0.2, 0.25) is 5.02 Å². The predicted octanol–water partition coefficient (Wildman–Crippen LogP) is 4.50. The van der Waals surface area contributed by atoms with Gasteiger partial charge in [-0.2, -0.15) is 0 Å². The van der Waals surface area contributed by atoms with Crippen molar-refractivity contribution in [3.63, 3.8) is 0 Å². The van der Waals surface area contributed by atoms with Gasteiger partial charge in [0.15, 0.2) is 0 Å². The van der Waals surface area contributed by atoms with E-state index >= 15 is 0 Å². The Kier molecular flexibility index (Phi) is 6.05. The molecular formula is C27H26ClN3O2. The van der Waals surface area contributed by atoms with E-state index in [1.165, 1.54) is 11.1 Å². The Morgan fingerprint density at radius 3 is 1.73 bits per heavy atom. The van der Waals surface area contributed by atoms with Crippen LogP contribution >= 0.6 is 11.6 Å². The normalized spacial score (nSPS) is 15.8. The van der Waals surface area contributed by atoms with Gasteiger partial charge in [0.1, 0.15) is 0 Å². The smallest absolute Gasteiger partial charge is 0.253 e. The summed E-state index contributed by atoms with van der Waals surface area (Å²) < 4.78 is 0. The molecule has 0 atom stereocenters. The van der Waals surface area contributed by atoms with Crippen LogP contribution in [0.25, 0.3) is 0 Å². The second kappa shape index (κ2) is 9.28. The highest BCUT2D eigenvalue weighted by Crippen LogP contribution is 2.25. The van der Waals surface area contributed by atoms with Crippen LogP contribution in [0.5, 0.6) is 0 Å². The fraction of sp³-hybridized carbons (Fsp3) is 0.259. The van der Waals surface area contributed by atoms with Crippen molar-refractivity contribution >= 4 is 29.1 Å². The topological polar surface area (TPSA) is 43.9 Å². The molecule has 0 aromatic heterocycles. The summed E-state index contributed by atoms with van der Waals surface area (Å²) in [6.07, 6.45) is 1.04. The number of anilines is 1. The molecule has 2 heterocycles. The van der Waals surface area contributed by atoms with E-state index in [-0.39, 0.29) is 11.8 Å². The highest BCUT2D eigenvalue weighted by atomic mass is 35.5. The average molecular weight is 460 g/mol. The Morgan fingerprint density at radius 1 is 0.636 bits per heavy atom. The van der Waals surface area contributed by atoms with Crippen LogP contribution in [0.4, 0.5) is 5.69 Å². The predicted molar refractivity (Wildman–Crippen MR) is 131 cm³/mol. The van der Waals surface area contributed by atoms with Gasteiger partial charge in [-0.05, 0) is 66.1 Å². The third-order valence-electron chi connectivity index (χ3n) is 6.56. The van der Waals surface area contributed by atoms with Crippen molar-refractivity contribution in [1.82, 2.24) is 9.80 Å². The lowest BCUT2D eigenvalue weighted by molar-refractivity contribution is 0.0535. The number of benzene rings is 3. The molecule has 168 valence electrons. The highest BCUT2D eigenvalue weighted by Gasteiger charge is 2.26. The standard InChI is InChI=1S/C27H26ClN3O2/c28-24-9-5-21(6-10-24)26(32)29-15-17-30(18-16-29)27(33)22-7-11-25(12-8-22)31-14-13-20-3-1-2-4-23(20)19-31/h1-12H,13-19H2. The second-order valence-electron chi connectivity index (χ2n) is 8.58. The number of amides is 2. The molecule has 2 amide bonds. The van der Waals surface area contributed by atoms with Crippen molar-refractivity contribution in [2.24, 2.45) is 0 Å². The van der Waals surface area contributed by atoms with Crippen molar-refractivity contribution in [2.45, 2.75) is 13.0 Å². The van der Waals surface area contributed by atoms with Crippen molar-refractivity contribution in [3.8, 4) is 0 Å². The zero-order valence-electron chi connectivity index (χ0n) is 18.4. The number of piperazine rings is 1. The Morgan fingerprint density at radius 2 is 1.15 bits per heavy atom. The fourth-order valence-electron chi connectivity index (χ4n) is 4.60. The lowest BCUT2D eigenvalue weighted by Crippen LogP contribution is -2.50. The molecule has 2 aliphatic rings. The van der Waals surface area contributed by atoms with Crippen LogP contribution in [0.15, 0.2) is 72.8 Å². The first-order valence-electron chi connectivity index (χ1n) is 11.3. The summed E-state index contributed by atoms with van der Waals surface area (Å²) in [5.74, 6) is -0.00430. The number of halogens is 1. The van der Waals surface area contributed by atoms with Gasteiger partial charge in [0.05, 0.1) is 0 Å². The fourth-order valence-corrected chi connectivity index (χ4v) is 4.73. The van der Waals surface area contributed by atoms with Crippen LogP contribution in [0.3, 0.4) is 0 Å². The molecule has 5 rings (SSSR count). The maximum atomic E-state index is 13.0. The van der Waals surface area contributed by atoms with E-state index in [2.05, 4.69) is 29.2 Å². The number of rotatable bonds is 3. The molecule has 0 radical (unpaired) electrons. The van der Waals surface area contributed by atoms with E-state index in [1.54, 1.807) is 29.2 Å². The van der Waals surface area contributed by atoms with Crippen molar-refractivity contribution in [3.05, 3.63) is 100 Å². The molecule has 0 spiro atoms. The molecule has 0 aliphatic carbocycles. The maximum absolute atomic E-state index is 13.0. The summed E-state index contributed by atoms with van der Waals surface area (Å²) in [6.45, 7) is 3.99. The van der Waals surface area contributed by atoms with Crippen LogP contribution in [-0.2, 0) is 13.0 Å². The van der Waals surface area contributed by atoms with E-state index in [1.807, 2.05) is 29.2 Å². The Bertz CT molecular complexity index is 1150. The minimum Gasteiger partial charge on any atom is -0.367 e. The molecule has 1 fully saturated rings. The average Bonchev–Trinajstić information content (AvgIpc) is 2.88. The van der Waals surface area contributed by atoms with E-state index in [0.717, 1.165) is 25.2 Å². The third kappa shape index (κ3) is 4.60. The molecule has 2 aliphatic heterocycles. The SMILES string of the molecule is O=C(c1ccc(Cl)cc1)N1CCN(C(=O)c2ccc(N3CCc4ccccc4C3)cc2)CC1. The number of hydrogen-bond donors (Lipinski definition) is 0. The van der Waals surface area contributed by atoms with Gasteiger partial charge < -0.3 is 14.7 Å².